The minimum absolute atomic E-state index is 0. The summed E-state index contributed by atoms with van der Waals surface area (Å²) in [6.45, 7) is 8.29. The van der Waals surface area contributed by atoms with Crippen molar-refractivity contribution in [2.45, 2.75) is 46.3 Å². The van der Waals surface area contributed by atoms with E-state index in [1.54, 1.807) is 0 Å². The average Bonchev–Trinajstić information content (AvgIpc) is 1.67. The largest absolute Gasteiger partial charge is 0.456 e. The van der Waals surface area contributed by atoms with Gasteiger partial charge in [-0.25, -0.2) is 0 Å². The molecule has 1 aliphatic rings. The molecular formula is C121H82B2Br2NO8S. The molecule has 0 atom stereocenters. The van der Waals surface area contributed by atoms with E-state index in [-0.39, 0.29) is 7.43 Å². The zero-order chi connectivity index (χ0) is 90.2. The van der Waals surface area contributed by atoms with Gasteiger partial charge >= 0.3 is 31.9 Å². The van der Waals surface area contributed by atoms with Crippen LogP contribution in [-0.4, -0.2) is 26.0 Å². The Bertz CT molecular complexity index is 9310. The Balaban J connectivity index is 0.000000104. The molecule has 0 spiro atoms. The fourth-order valence-corrected chi connectivity index (χ4v) is 21.8. The third-order valence-electron chi connectivity index (χ3n) is 27.1. The maximum Gasteiger partial charge on any atom is 0.143 e. The molecule has 1 fully saturated rings. The Morgan fingerprint density at radius 1 is 0.237 bits per heavy atom. The number of furan rings is 6. The number of nitrogens with zero attached hydrogens (tertiary/aromatic N) is 1. The fraction of sp³-hybridized carbons (Fsp3) is 0.0579. The van der Waals surface area contributed by atoms with E-state index < -0.39 is 18.3 Å². The predicted molar refractivity (Wildman–Crippen MR) is 577 cm³/mol. The molecule has 645 valence electrons. The fourth-order valence-electron chi connectivity index (χ4n) is 20.4. The molecule has 6 aromatic heterocycles. The van der Waals surface area contributed by atoms with E-state index in [9.17, 15) is 0 Å². The molecule has 28 rings (SSSR count). The van der Waals surface area contributed by atoms with Crippen LogP contribution in [0.15, 0.2) is 434 Å². The van der Waals surface area contributed by atoms with Crippen LogP contribution in [0, 0.1) is 0 Å². The second-order valence-corrected chi connectivity index (χ2v) is 36.9. The van der Waals surface area contributed by atoms with Crippen LogP contribution in [0.3, 0.4) is 0 Å². The summed E-state index contributed by atoms with van der Waals surface area (Å²) in [4.78, 5) is 0. The summed E-state index contributed by atoms with van der Waals surface area (Å²) in [5, 5.41) is 28.1. The first-order valence-electron chi connectivity index (χ1n) is 44.8. The summed E-state index contributed by atoms with van der Waals surface area (Å²) in [7, 11) is 3.82. The molecular weight excluding hydrogens is 1810 g/mol. The Morgan fingerprint density at radius 2 is 0.467 bits per heavy atom. The smallest absolute Gasteiger partial charge is 0.143 e. The van der Waals surface area contributed by atoms with Crippen molar-refractivity contribution in [3.63, 3.8) is 0 Å². The van der Waals surface area contributed by atoms with E-state index in [1.807, 2.05) is 66.7 Å². The SMILES string of the molecule is Brc1c2ccccc2c(-c2ccc(-c3cccc4oc5ccccc5c34)c3c2oc2ccccc23)c2ccccc12.Brc1c2ccccc2cc2ccccc12.C.CC1(C)OB(c2ccc(-c3cccc4oc5ccccc5c34)c3c2oc2ccccc23)OC1(C)C.[B]=NS.c1ccc2c(-c3ccc(-c4cccc5oc6ccccc6c45)c4c3oc3ccccc34)c3ccccc3cc2c1. The molecule has 135 heavy (non-hydrogen) atoms. The molecule has 14 heteroatoms. The third kappa shape index (κ3) is 14.0. The van der Waals surface area contributed by atoms with Gasteiger partial charge in [-0.2, -0.15) is 0 Å². The van der Waals surface area contributed by atoms with Crippen molar-refractivity contribution in [2.75, 3.05) is 0 Å². The van der Waals surface area contributed by atoms with E-state index in [2.05, 4.69) is 412 Å². The van der Waals surface area contributed by atoms with Crippen molar-refractivity contribution in [2.24, 2.45) is 4.30 Å². The normalized spacial score (nSPS) is 13.0. The zero-order valence-electron chi connectivity index (χ0n) is 73.1. The van der Waals surface area contributed by atoms with E-state index in [0.717, 1.165) is 186 Å². The molecule has 0 aliphatic carbocycles. The molecule has 1 saturated heterocycles. The summed E-state index contributed by atoms with van der Waals surface area (Å²) >= 11 is 10.8. The number of rotatable bonds is 6. The van der Waals surface area contributed by atoms with Gasteiger partial charge in [-0.3, -0.25) is 0 Å². The van der Waals surface area contributed by atoms with Crippen molar-refractivity contribution in [1.29, 1.82) is 0 Å². The first-order valence-corrected chi connectivity index (χ1v) is 46.7. The molecule has 0 unspecified atom stereocenters. The van der Waals surface area contributed by atoms with Gasteiger partial charge in [0.05, 0.1) is 11.2 Å². The van der Waals surface area contributed by atoms with Gasteiger partial charge < -0.3 is 35.8 Å². The summed E-state index contributed by atoms with van der Waals surface area (Å²) < 4.78 is 56.6. The Morgan fingerprint density at radius 3 is 0.822 bits per heavy atom. The van der Waals surface area contributed by atoms with Crippen LogP contribution in [0.5, 0.6) is 0 Å². The minimum atomic E-state index is -0.511. The van der Waals surface area contributed by atoms with Gasteiger partial charge in [0.15, 0.2) is 0 Å². The first kappa shape index (κ1) is 84.4. The summed E-state index contributed by atoms with van der Waals surface area (Å²) in [6, 6.07) is 138. The second-order valence-electron chi connectivity index (χ2n) is 35.1. The van der Waals surface area contributed by atoms with Crippen LogP contribution < -0.4 is 5.46 Å². The quantitative estimate of drug-likeness (QED) is 0.0996. The summed E-state index contributed by atoms with van der Waals surface area (Å²) in [5.41, 5.74) is 21.9. The van der Waals surface area contributed by atoms with E-state index in [1.165, 1.54) is 80.2 Å². The number of fused-ring (bicyclic) bond motifs is 24. The summed E-state index contributed by atoms with van der Waals surface area (Å²) in [6.07, 6.45) is 0. The molecule has 7 heterocycles. The molecule has 0 bridgehead atoms. The van der Waals surface area contributed by atoms with E-state index in [4.69, 9.17) is 35.8 Å². The van der Waals surface area contributed by atoms with E-state index >= 15 is 0 Å². The molecule has 0 N–H and O–H groups in total. The maximum absolute atomic E-state index is 6.77. The number of para-hydroxylation sites is 6. The standard InChI is InChI=1S/C38H21BrO2.C38H22O2.C30H25BO4.C14H9Br.CH4.BHNS/c39-37-26-12-3-1-10-23(26)34(24-11-2-4-13-27(24)37)30-21-20-25(36-29-15-6-8-18-32(29)41-38(30)36)22-16-9-19-33-35(22)28-14-5-7-17-31(28)40-33;1-3-12-25-23(10-1)22-24-11-2-4-13-26(24)35(25)31-21-20-28(37-30-15-6-8-18-33(30)40-38(31)37)27-16-9-19-34-36(27)29-14-5-7-17-32(29)39-34;1-29(2)30(3,4)35-31(34-29)22-17-16-19(27-21-11-6-8-14-24(21)33-28(22)27)18-12-9-15-25-26(18)20-10-5-7-13-23(20)32-25;15-14-12-7-3-1-5-10(12)9-11-6-2-4-8-13(11)14;;1-2-3/h1-21H;1-22H;5-17H,1-4H3;1-9H;1H4;3H. The van der Waals surface area contributed by atoms with Crippen molar-refractivity contribution in [1.82, 2.24) is 0 Å². The number of thiol groups is 1. The number of hydrogen-bond donors (Lipinski definition) is 1. The van der Waals surface area contributed by atoms with Gasteiger partial charge in [-0.1, -0.05) is 323 Å². The number of halogens is 2. The zero-order valence-corrected chi connectivity index (χ0v) is 77.2. The molecule has 0 amide bonds. The monoisotopic (exact) mass is 1890 g/mol. The number of hydrogen-bond acceptors (Lipinski definition) is 10. The molecule has 27 aromatic rings. The van der Waals surface area contributed by atoms with Gasteiger partial charge in [-0.05, 0) is 236 Å². The predicted octanol–water partition coefficient (Wildman–Crippen LogP) is 36.0. The van der Waals surface area contributed by atoms with Crippen LogP contribution in [0.1, 0.15) is 35.1 Å². The Kier molecular flexibility index (Phi) is 21.3. The van der Waals surface area contributed by atoms with Crippen LogP contribution in [0.2, 0.25) is 0 Å². The minimum Gasteiger partial charge on any atom is -0.456 e. The van der Waals surface area contributed by atoms with Crippen molar-refractivity contribution in [3.8, 4) is 55.6 Å². The van der Waals surface area contributed by atoms with Crippen molar-refractivity contribution in [3.05, 3.63) is 403 Å². The van der Waals surface area contributed by atoms with Gasteiger partial charge in [0.25, 0.3) is 0 Å². The maximum atomic E-state index is 6.77. The number of benzene rings is 21. The van der Waals surface area contributed by atoms with Crippen LogP contribution in [-0.2, 0) is 9.31 Å². The molecule has 0 saturated carbocycles. The molecule has 21 aromatic carbocycles. The molecule has 9 nitrogen and oxygen atoms in total. The van der Waals surface area contributed by atoms with Gasteiger partial charge in [-0.15, -0.1) is 0 Å². The first-order chi connectivity index (χ1) is 65.7. The van der Waals surface area contributed by atoms with Gasteiger partial charge in [0, 0.05) is 101 Å². The van der Waals surface area contributed by atoms with Gasteiger partial charge in [0.2, 0.25) is 0 Å². The third-order valence-corrected chi connectivity index (χ3v) is 28.8. The van der Waals surface area contributed by atoms with E-state index in [0.29, 0.717) is 0 Å². The summed E-state index contributed by atoms with van der Waals surface area (Å²) in [5.74, 6) is 0. The molecule has 1 radical (unpaired) electrons. The Hall–Kier alpha value is -14.9. The molecule has 1 aliphatic heterocycles. The van der Waals surface area contributed by atoms with Gasteiger partial charge in [0.1, 0.15) is 67.0 Å². The van der Waals surface area contributed by atoms with Crippen LogP contribution in [0.4, 0.5) is 0 Å². The van der Waals surface area contributed by atoms with Crippen LogP contribution >= 0.6 is 44.7 Å². The van der Waals surface area contributed by atoms with Crippen LogP contribution in [0.25, 0.3) is 252 Å². The Labute approximate surface area is 800 Å². The topological polar surface area (TPSA) is 110 Å². The second kappa shape index (κ2) is 34.0. The van der Waals surface area contributed by atoms with Crippen molar-refractivity contribution < 1.29 is 35.8 Å². The average molecular weight is 1890 g/mol. The van der Waals surface area contributed by atoms with Crippen molar-refractivity contribution >= 4 is 261 Å².